The standard InChI is InChI=1S/C25H18N.C21H16N.C11H8N.Ir/c1-16-13-17(2)15-19(14-16)25-24-10-9-21-20-6-4-3-5-18(20)7-8-22(21)23(24)11-12-26-25;1-14-11-15(2)13-17(12-14)21-20-8-7-16-5-3-4-6-18(16)19(20)9-10-22-21;1-2-6-10(7-3-1)11-8-4-5-9-12-11;/h3-14H,1-2H3;3-12H,1-2H3;1-6,8-9H;/q3*-1;+3. The quantitative estimate of drug-likeness (QED) is 0.131. The molecule has 61 heavy (non-hydrogen) atoms. The zero-order valence-corrected chi connectivity index (χ0v) is 36.9. The van der Waals surface area contributed by atoms with Crippen molar-refractivity contribution in [3.8, 4) is 33.8 Å². The van der Waals surface area contributed by atoms with Gasteiger partial charge in [0.1, 0.15) is 0 Å². The van der Waals surface area contributed by atoms with Gasteiger partial charge in [0.05, 0.1) is 0 Å². The van der Waals surface area contributed by atoms with Crippen molar-refractivity contribution < 1.29 is 20.1 Å². The molecule has 0 radical (unpaired) electrons. The van der Waals surface area contributed by atoms with Crippen LogP contribution >= 0.6 is 0 Å². The van der Waals surface area contributed by atoms with Crippen LogP contribution in [0.4, 0.5) is 0 Å². The number of rotatable bonds is 3. The van der Waals surface area contributed by atoms with E-state index in [4.69, 9.17) is 4.98 Å². The van der Waals surface area contributed by atoms with Crippen LogP contribution in [-0.2, 0) is 20.1 Å². The van der Waals surface area contributed by atoms with Crippen LogP contribution in [0.3, 0.4) is 0 Å². The van der Waals surface area contributed by atoms with Crippen molar-refractivity contribution in [2.75, 3.05) is 0 Å². The second kappa shape index (κ2) is 18.2. The Balaban J connectivity index is 0.000000133. The molecule has 11 rings (SSSR count). The Kier molecular flexibility index (Phi) is 12.2. The minimum Gasteiger partial charge on any atom is -0.305 e. The van der Waals surface area contributed by atoms with Crippen LogP contribution in [0.1, 0.15) is 22.3 Å². The molecule has 11 aromatic rings. The molecule has 3 aromatic heterocycles. The van der Waals surface area contributed by atoms with E-state index in [0.29, 0.717) is 0 Å². The summed E-state index contributed by atoms with van der Waals surface area (Å²) in [6, 6.07) is 66.8. The smallest absolute Gasteiger partial charge is 0.305 e. The summed E-state index contributed by atoms with van der Waals surface area (Å²) in [6.45, 7) is 8.40. The summed E-state index contributed by atoms with van der Waals surface area (Å²) in [5.74, 6) is 0. The average Bonchev–Trinajstić information content (AvgIpc) is 3.28. The molecular formula is C57H42IrN3. The van der Waals surface area contributed by atoms with Crippen LogP contribution in [-0.4, -0.2) is 15.0 Å². The molecule has 0 saturated carbocycles. The maximum atomic E-state index is 4.70. The molecule has 8 aromatic carbocycles. The van der Waals surface area contributed by atoms with Crippen molar-refractivity contribution in [3.05, 3.63) is 223 Å². The summed E-state index contributed by atoms with van der Waals surface area (Å²) in [4.78, 5) is 13.5. The number of nitrogens with zero attached hydrogens (tertiary/aromatic N) is 3. The summed E-state index contributed by atoms with van der Waals surface area (Å²) < 4.78 is 0. The molecule has 4 heteroatoms. The van der Waals surface area contributed by atoms with Crippen molar-refractivity contribution in [2.24, 2.45) is 0 Å². The monoisotopic (exact) mass is 961 g/mol. The van der Waals surface area contributed by atoms with E-state index in [1.165, 1.54) is 65.0 Å². The number of aromatic nitrogens is 3. The average molecular weight is 961 g/mol. The van der Waals surface area contributed by atoms with E-state index >= 15 is 0 Å². The molecule has 0 saturated heterocycles. The summed E-state index contributed by atoms with van der Waals surface area (Å²) in [5, 5.41) is 12.5. The van der Waals surface area contributed by atoms with Gasteiger partial charge in [-0.3, -0.25) is 0 Å². The van der Waals surface area contributed by atoms with Crippen LogP contribution in [0.15, 0.2) is 182 Å². The van der Waals surface area contributed by atoms with Gasteiger partial charge >= 0.3 is 20.1 Å². The van der Waals surface area contributed by atoms with E-state index < -0.39 is 0 Å². The van der Waals surface area contributed by atoms with Crippen LogP contribution in [0.5, 0.6) is 0 Å². The maximum Gasteiger partial charge on any atom is 3.00 e. The molecule has 3 heterocycles. The Hall–Kier alpha value is -6.84. The SMILES string of the molecule is Cc1[c-]c(-c2nccc3c2ccc2c4ccccc4ccc32)cc(C)c1.Cc1[c-]c(-c2nccc3c2ccc2ccccc23)cc(C)c1.[Ir+3].[c-]1ccccc1-c1ccccn1. The fourth-order valence-electron chi connectivity index (χ4n) is 8.24. The Bertz CT molecular complexity index is 3230. The molecule has 0 aliphatic carbocycles. The summed E-state index contributed by atoms with van der Waals surface area (Å²) in [6.07, 6.45) is 5.60. The molecule has 0 amide bonds. The van der Waals surface area contributed by atoms with Crippen LogP contribution in [0.2, 0.25) is 0 Å². The van der Waals surface area contributed by atoms with Crippen molar-refractivity contribution in [1.82, 2.24) is 15.0 Å². The first-order valence-electron chi connectivity index (χ1n) is 20.3. The number of hydrogen-bond acceptors (Lipinski definition) is 3. The zero-order valence-electron chi connectivity index (χ0n) is 34.5. The third kappa shape index (κ3) is 8.74. The molecule has 0 aliphatic heterocycles. The number of aryl methyl sites for hydroxylation is 4. The van der Waals surface area contributed by atoms with Crippen molar-refractivity contribution >= 4 is 53.9 Å². The zero-order chi connectivity index (χ0) is 41.0. The van der Waals surface area contributed by atoms with Gasteiger partial charge in [-0.25, -0.2) is 0 Å². The second-order valence-corrected chi connectivity index (χ2v) is 15.2. The van der Waals surface area contributed by atoms with Crippen LogP contribution < -0.4 is 0 Å². The topological polar surface area (TPSA) is 38.7 Å². The van der Waals surface area contributed by atoms with E-state index in [1.807, 2.05) is 54.9 Å². The Morgan fingerprint density at radius 2 is 0.836 bits per heavy atom. The number of pyridine rings is 3. The van der Waals surface area contributed by atoms with Gasteiger partial charge in [-0.2, -0.15) is 0 Å². The molecule has 0 aliphatic rings. The van der Waals surface area contributed by atoms with Gasteiger partial charge in [-0.05, 0) is 89.1 Å². The van der Waals surface area contributed by atoms with Gasteiger partial charge in [0.25, 0.3) is 0 Å². The van der Waals surface area contributed by atoms with Gasteiger partial charge in [0.15, 0.2) is 0 Å². The maximum absolute atomic E-state index is 4.70. The minimum absolute atomic E-state index is 0. The largest absolute Gasteiger partial charge is 3.00 e. The minimum atomic E-state index is 0. The molecule has 0 bridgehead atoms. The van der Waals surface area contributed by atoms with E-state index in [-0.39, 0.29) is 20.1 Å². The molecule has 0 fully saturated rings. The third-order valence-corrected chi connectivity index (χ3v) is 10.8. The van der Waals surface area contributed by atoms with Crippen molar-refractivity contribution in [3.63, 3.8) is 0 Å². The molecular weight excluding hydrogens is 919 g/mol. The predicted molar refractivity (Wildman–Crippen MR) is 252 cm³/mol. The van der Waals surface area contributed by atoms with Crippen LogP contribution in [0.25, 0.3) is 87.6 Å². The first kappa shape index (κ1) is 40.9. The Morgan fingerprint density at radius 1 is 0.361 bits per heavy atom. The fraction of sp³-hybridized carbons (Fsp3) is 0.0702. The van der Waals surface area contributed by atoms with Gasteiger partial charge in [0, 0.05) is 18.6 Å². The summed E-state index contributed by atoms with van der Waals surface area (Å²) >= 11 is 0. The van der Waals surface area contributed by atoms with Gasteiger partial charge < -0.3 is 15.0 Å². The molecule has 0 unspecified atom stereocenters. The molecule has 0 N–H and O–H groups in total. The van der Waals surface area contributed by atoms with Crippen molar-refractivity contribution in [2.45, 2.75) is 27.7 Å². The second-order valence-electron chi connectivity index (χ2n) is 15.2. The van der Waals surface area contributed by atoms with Gasteiger partial charge in [-0.15, -0.1) is 106 Å². The fourth-order valence-corrected chi connectivity index (χ4v) is 8.24. The molecule has 294 valence electrons. The van der Waals surface area contributed by atoms with E-state index in [9.17, 15) is 0 Å². The number of benzene rings is 8. The molecule has 0 spiro atoms. The van der Waals surface area contributed by atoms with E-state index in [1.54, 1.807) is 6.20 Å². The van der Waals surface area contributed by atoms with E-state index in [2.05, 4.69) is 177 Å². The molecule has 0 atom stereocenters. The Labute approximate surface area is 371 Å². The third-order valence-electron chi connectivity index (χ3n) is 10.8. The van der Waals surface area contributed by atoms with Crippen molar-refractivity contribution in [1.29, 1.82) is 0 Å². The van der Waals surface area contributed by atoms with Gasteiger partial charge in [-0.1, -0.05) is 125 Å². The number of hydrogen-bond donors (Lipinski definition) is 0. The van der Waals surface area contributed by atoms with E-state index in [0.717, 1.165) is 44.9 Å². The normalized spacial score (nSPS) is 10.8. The summed E-state index contributed by atoms with van der Waals surface area (Å²) in [5.41, 5.74) is 10.9. The predicted octanol–water partition coefficient (Wildman–Crippen LogP) is 14.6. The first-order valence-corrected chi connectivity index (χ1v) is 20.3. The Morgan fingerprint density at radius 3 is 1.38 bits per heavy atom. The summed E-state index contributed by atoms with van der Waals surface area (Å²) in [7, 11) is 0. The van der Waals surface area contributed by atoms with Crippen LogP contribution in [0, 0.1) is 45.9 Å². The van der Waals surface area contributed by atoms with Gasteiger partial charge in [0.2, 0.25) is 0 Å². The molecule has 3 nitrogen and oxygen atoms in total. The number of fused-ring (bicyclic) bond motifs is 8. The first-order chi connectivity index (χ1) is 29.4.